The molecule has 0 amide bonds. The Hall–Kier alpha value is -1.74. The summed E-state index contributed by atoms with van der Waals surface area (Å²) in [6, 6.07) is 7.58. The van der Waals surface area contributed by atoms with Crippen LogP contribution in [-0.2, 0) is 10.0 Å². The Balaban J connectivity index is 1.99. The zero-order valence-corrected chi connectivity index (χ0v) is 14.6. The van der Waals surface area contributed by atoms with Crippen molar-refractivity contribution >= 4 is 21.6 Å². The molecule has 9 heteroatoms. The van der Waals surface area contributed by atoms with E-state index in [1.807, 2.05) is 7.05 Å². The maximum absolute atomic E-state index is 12.9. The minimum Gasteiger partial charge on any atom is -0.304 e. The largest absolute Gasteiger partial charge is 0.304 e. The fourth-order valence-corrected chi connectivity index (χ4v) is 4.46. The molecule has 1 aromatic carbocycles. The zero-order chi connectivity index (χ0) is 17.3. The van der Waals surface area contributed by atoms with Crippen molar-refractivity contribution in [2.45, 2.75) is 4.90 Å². The van der Waals surface area contributed by atoms with E-state index >= 15 is 0 Å². The summed E-state index contributed by atoms with van der Waals surface area (Å²) < 4.78 is 27.2. The van der Waals surface area contributed by atoms with E-state index in [-0.39, 0.29) is 15.5 Å². The summed E-state index contributed by atoms with van der Waals surface area (Å²) in [6.07, 6.45) is 0. The monoisotopic (exact) mass is 368 g/mol. The number of nitrogens with zero attached hydrogens (tertiary/aromatic N) is 3. The predicted molar refractivity (Wildman–Crippen MR) is 91.6 cm³/mol. The Labute approximate surface area is 144 Å². The quantitative estimate of drug-likeness (QED) is 0.874. The van der Waals surface area contributed by atoms with Crippen LogP contribution in [0.15, 0.2) is 40.0 Å². The molecule has 1 fully saturated rings. The molecule has 0 atom stereocenters. The van der Waals surface area contributed by atoms with Crippen LogP contribution in [0.25, 0.3) is 11.3 Å². The lowest BCUT2D eigenvalue weighted by atomic mass is 10.1. The van der Waals surface area contributed by atoms with E-state index < -0.39 is 10.0 Å². The van der Waals surface area contributed by atoms with E-state index in [0.717, 1.165) is 0 Å². The van der Waals surface area contributed by atoms with Crippen molar-refractivity contribution in [2.24, 2.45) is 0 Å². The number of nitrogens with one attached hydrogen (secondary N) is 1. The van der Waals surface area contributed by atoms with E-state index in [9.17, 15) is 13.2 Å². The molecule has 2 heterocycles. The normalized spacial score (nSPS) is 17.1. The summed E-state index contributed by atoms with van der Waals surface area (Å²) in [5, 5.41) is 6.43. The molecular weight excluding hydrogens is 352 g/mol. The van der Waals surface area contributed by atoms with Crippen molar-refractivity contribution in [3.8, 4) is 11.3 Å². The van der Waals surface area contributed by atoms with Gasteiger partial charge in [-0.2, -0.15) is 9.40 Å². The van der Waals surface area contributed by atoms with Crippen molar-refractivity contribution in [3.05, 3.63) is 45.7 Å². The molecule has 2 aromatic rings. The van der Waals surface area contributed by atoms with Gasteiger partial charge in [-0.1, -0.05) is 17.7 Å². The van der Waals surface area contributed by atoms with Gasteiger partial charge in [0.15, 0.2) is 0 Å². The fraction of sp³-hybridized carbons (Fsp3) is 0.333. The number of benzene rings is 1. The van der Waals surface area contributed by atoms with Gasteiger partial charge >= 0.3 is 0 Å². The molecule has 1 aliphatic heterocycles. The molecule has 24 heavy (non-hydrogen) atoms. The van der Waals surface area contributed by atoms with Crippen LogP contribution >= 0.6 is 11.6 Å². The smallest absolute Gasteiger partial charge is 0.264 e. The first-order chi connectivity index (χ1) is 11.4. The van der Waals surface area contributed by atoms with Crippen molar-refractivity contribution in [1.82, 2.24) is 19.4 Å². The van der Waals surface area contributed by atoms with Crippen LogP contribution in [0.4, 0.5) is 0 Å². The highest BCUT2D eigenvalue weighted by molar-refractivity contribution is 7.89. The lowest BCUT2D eigenvalue weighted by molar-refractivity contribution is 0.222. The highest BCUT2D eigenvalue weighted by Crippen LogP contribution is 2.29. The molecule has 0 unspecified atom stereocenters. The maximum Gasteiger partial charge on any atom is 0.264 e. The molecule has 0 spiro atoms. The minimum atomic E-state index is -3.68. The lowest BCUT2D eigenvalue weighted by Gasteiger charge is -2.31. The third kappa shape index (κ3) is 3.36. The summed E-state index contributed by atoms with van der Waals surface area (Å²) in [5.41, 5.74) is 0.724. The molecule has 0 saturated carbocycles. The molecular formula is C15H17ClN4O3S. The third-order valence-electron chi connectivity index (χ3n) is 3.99. The Morgan fingerprint density at radius 2 is 1.83 bits per heavy atom. The van der Waals surface area contributed by atoms with E-state index in [4.69, 9.17) is 11.6 Å². The molecule has 3 rings (SSSR count). The Morgan fingerprint density at radius 3 is 2.46 bits per heavy atom. The molecule has 128 valence electrons. The first-order valence-corrected chi connectivity index (χ1v) is 9.24. The molecule has 0 bridgehead atoms. The summed E-state index contributed by atoms with van der Waals surface area (Å²) in [5.74, 6) is 0. The highest BCUT2D eigenvalue weighted by atomic mass is 35.5. The van der Waals surface area contributed by atoms with Crippen LogP contribution in [0.5, 0.6) is 0 Å². The lowest BCUT2D eigenvalue weighted by Crippen LogP contribution is -2.47. The number of H-pyrrole nitrogens is 1. The summed E-state index contributed by atoms with van der Waals surface area (Å²) in [4.78, 5) is 13.3. The number of sulfonamides is 1. The van der Waals surface area contributed by atoms with Crippen molar-refractivity contribution in [1.29, 1.82) is 0 Å². The van der Waals surface area contributed by atoms with E-state index in [1.54, 1.807) is 6.07 Å². The Morgan fingerprint density at radius 1 is 1.12 bits per heavy atom. The number of piperazine rings is 1. The van der Waals surface area contributed by atoms with Gasteiger partial charge in [0.1, 0.15) is 4.90 Å². The SMILES string of the molecule is CN1CCN(S(=O)(=O)c2cc(-c3ccc(=O)[nH]n3)ccc2Cl)CC1. The molecule has 1 N–H and O–H groups in total. The van der Waals surface area contributed by atoms with E-state index in [2.05, 4.69) is 15.1 Å². The molecule has 0 aliphatic carbocycles. The molecule has 7 nitrogen and oxygen atoms in total. The predicted octanol–water partition coefficient (Wildman–Crippen LogP) is 1.03. The average Bonchev–Trinajstić information content (AvgIpc) is 2.56. The summed E-state index contributed by atoms with van der Waals surface area (Å²) in [6.45, 7) is 2.21. The van der Waals surface area contributed by atoms with Crippen LogP contribution in [0, 0.1) is 0 Å². The average molecular weight is 369 g/mol. The number of hydrogen-bond acceptors (Lipinski definition) is 5. The molecule has 1 saturated heterocycles. The first-order valence-electron chi connectivity index (χ1n) is 7.42. The first kappa shape index (κ1) is 17.1. The second-order valence-corrected chi connectivity index (χ2v) is 7.97. The third-order valence-corrected chi connectivity index (χ3v) is 6.37. The molecule has 1 aromatic heterocycles. The second-order valence-electron chi connectivity index (χ2n) is 5.66. The minimum absolute atomic E-state index is 0.0548. The van der Waals surface area contributed by atoms with Gasteiger partial charge in [0.05, 0.1) is 10.7 Å². The van der Waals surface area contributed by atoms with Crippen LogP contribution in [0.2, 0.25) is 5.02 Å². The number of hydrogen-bond donors (Lipinski definition) is 1. The maximum atomic E-state index is 12.9. The van der Waals surface area contributed by atoms with Gasteiger partial charge in [-0.25, -0.2) is 13.5 Å². The molecule has 1 aliphatic rings. The fourth-order valence-electron chi connectivity index (χ4n) is 2.53. The number of rotatable bonds is 3. The molecule has 0 radical (unpaired) electrons. The second kappa shape index (κ2) is 6.64. The van der Waals surface area contributed by atoms with E-state index in [0.29, 0.717) is 37.4 Å². The number of aromatic nitrogens is 2. The Bertz CT molecular complexity index is 885. The number of halogens is 1. The number of likely N-dealkylation sites (N-methyl/N-ethyl adjacent to an activating group) is 1. The van der Waals surface area contributed by atoms with E-state index in [1.165, 1.54) is 28.6 Å². The van der Waals surface area contributed by atoms with Crippen molar-refractivity contribution in [3.63, 3.8) is 0 Å². The topological polar surface area (TPSA) is 86.4 Å². The van der Waals surface area contributed by atoms with Crippen LogP contribution < -0.4 is 5.56 Å². The van der Waals surface area contributed by atoms with Crippen molar-refractivity contribution < 1.29 is 8.42 Å². The van der Waals surface area contributed by atoms with Crippen molar-refractivity contribution in [2.75, 3.05) is 33.2 Å². The summed E-state index contributed by atoms with van der Waals surface area (Å²) in [7, 11) is -1.72. The van der Waals surface area contributed by atoms with Gasteiger partial charge in [0.2, 0.25) is 10.0 Å². The van der Waals surface area contributed by atoms with Gasteiger partial charge in [0, 0.05) is 37.8 Å². The summed E-state index contributed by atoms with van der Waals surface area (Å²) >= 11 is 6.15. The number of aromatic amines is 1. The van der Waals surface area contributed by atoms with Gasteiger partial charge in [-0.3, -0.25) is 4.79 Å². The highest BCUT2D eigenvalue weighted by Gasteiger charge is 2.29. The van der Waals surface area contributed by atoms with Crippen LogP contribution in [-0.4, -0.2) is 61.0 Å². The van der Waals surface area contributed by atoms with Gasteiger partial charge < -0.3 is 4.90 Å². The van der Waals surface area contributed by atoms with Crippen LogP contribution in [0.3, 0.4) is 0 Å². The van der Waals surface area contributed by atoms with Crippen LogP contribution in [0.1, 0.15) is 0 Å². The zero-order valence-electron chi connectivity index (χ0n) is 13.1. The van der Waals surface area contributed by atoms with Gasteiger partial charge in [-0.05, 0) is 25.2 Å². The Kier molecular flexibility index (Phi) is 4.73. The van der Waals surface area contributed by atoms with Gasteiger partial charge in [-0.15, -0.1) is 0 Å². The standard InChI is InChI=1S/C15H17ClN4O3S/c1-19-6-8-20(9-7-19)24(22,23)14-10-11(2-3-12(14)16)13-4-5-15(21)18-17-13/h2-5,10H,6-9H2,1H3,(H,18,21). The van der Waals surface area contributed by atoms with Gasteiger partial charge in [0.25, 0.3) is 5.56 Å².